The smallest absolute Gasteiger partial charge is 0.253 e. The molecule has 1 amide bonds. The molecule has 1 atom stereocenters. The third-order valence-electron chi connectivity index (χ3n) is 4.19. The number of nitrogens with zero attached hydrogens (tertiary/aromatic N) is 1. The molecule has 24 heavy (non-hydrogen) atoms. The number of hydrogen-bond donors (Lipinski definition) is 1. The molecule has 2 heterocycles. The van der Waals surface area contributed by atoms with E-state index in [2.05, 4.69) is 5.32 Å². The maximum Gasteiger partial charge on any atom is 0.253 e. The van der Waals surface area contributed by atoms with Gasteiger partial charge in [-0.15, -0.1) is 0 Å². The molecule has 0 saturated carbocycles. The SMILES string of the molecule is COCCn1cc(C(=O)N[C@H]2CCS(=O)(=O)C2)c2cc(Cl)ccc21. The Labute approximate surface area is 145 Å². The van der Waals surface area contributed by atoms with Gasteiger partial charge in [-0.1, -0.05) is 11.6 Å². The normalized spacial score (nSPS) is 19.7. The van der Waals surface area contributed by atoms with Crippen molar-refractivity contribution < 1.29 is 17.9 Å². The van der Waals surface area contributed by atoms with Crippen molar-refractivity contribution in [1.82, 2.24) is 9.88 Å². The lowest BCUT2D eigenvalue weighted by molar-refractivity contribution is 0.0942. The number of rotatable bonds is 5. The van der Waals surface area contributed by atoms with Crippen LogP contribution >= 0.6 is 11.6 Å². The first-order valence-electron chi connectivity index (χ1n) is 7.68. The third-order valence-corrected chi connectivity index (χ3v) is 6.19. The summed E-state index contributed by atoms with van der Waals surface area (Å²) in [6.07, 6.45) is 2.22. The van der Waals surface area contributed by atoms with Crippen LogP contribution in [0.25, 0.3) is 10.9 Å². The van der Waals surface area contributed by atoms with E-state index in [4.69, 9.17) is 16.3 Å². The summed E-state index contributed by atoms with van der Waals surface area (Å²) in [7, 11) is -1.42. The van der Waals surface area contributed by atoms with Gasteiger partial charge in [0.2, 0.25) is 0 Å². The largest absolute Gasteiger partial charge is 0.383 e. The number of carbonyl (C=O) groups is 1. The molecule has 1 aliphatic rings. The van der Waals surface area contributed by atoms with Gasteiger partial charge < -0.3 is 14.6 Å². The monoisotopic (exact) mass is 370 g/mol. The molecule has 6 nitrogen and oxygen atoms in total. The summed E-state index contributed by atoms with van der Waals surface area (Å²) in [6.45, 7) is 1.13. The molecule has 0 unspecified atom stereocenters. The molecule has 1 fully saturated rings. The second kappa shape index (κ2) is 6.74. The Kier molecular flexibility index (Phi) is 4.85. The molecule has 0 radical (unpaired) electrons. The van der Waals surface area contributed by atoms with Crippen molar-refractivity contribution in [3.63, 3.8) is 0 Å². The van der Waals surface area contributed by atoms with Gasteiger partial charge in [0.15, 0.2) is 9.84 Å². The van der Waals surface area contributed by atoms with Crippen LogP contribution in [0.1, 0.15) is 16.8 Å². The van der Waals surface area contributed by atoms with E-state index in [1.54, 1.807) is 25.4 Å². The fourth-order valence-electron chi connectivity index (χ4n) is 3.00. The number of aromatic nitrogens is 1. The van der Waals surface area contributed by atoms with Crippen molar-refractivity contribution in [3.8, 4) is 0 Å². The molecule has 0 spiro atoms. The van der Waals surface area contributed by atoms with Crippen molar-refractivity contribution in [2.24, 2.45) is 0 Å². The zero-order valence-corrected chi connectivity index (χ0v) is 14.9. The van der Waals surface area contributed by atoms with Crippen molar-refractivity contribution in [2.45, 2.75) is 19.0 Å². The maximum absolute atomic E-state index is 12.6. The van der Waals surface area contributed by atoms with Crippen LogP contribution < -0.4 is 5.32 Å². The Hall–Kier alpha value is -1.57. The van der Waals surface area contributed by atoms with Gasteiger partial charge in [-0.05, 0) is 24.6 Å². The lowest BCUT2D eigenvalue weighted by Gasteiger charge is -2.10. The highest BCUT2D eigenvalue weighted by atomic mass is 35.5. The summed E-state index contributed by atoms with van der Waals surface area (Å²) < 4.78 is 30.1. The first-order chi connectivity index (χ1) is 11.4. The average Bonchev–Trinajstić information content (AvgIpc) is 3.04. The zero-order chi connectivity index (χ0) is 17.3. The number of carbonyl (C=O) groups excluding carboxylic acids is 1. The van der Waals surface area contributed by atoms with E-state index in [9.17, 15) is 13.2 Å². The van der Waals surface area contributed by atoms with Crippen molar-refractivity contribution in [3.05, 3.63) is 35.0 Å². The lowest BCUT2D eigenvalue weighted by atomic mass is 10.1. The van der Waals surface area contributed by atoms with Crippen LogP contribution in [0.2, 0.25) is 5.02 Å². The minimum Gasteiger partial charge on any atom is -0.383 e. The van der Waals surface area contributed by atoms with Crippen molar-refractivity contribution in [1.29, 1.82) is 0 Å². The number of fused-ring (bicyclic) bond motifs is 1. The predicted octanol–water partition coefficient (Wildman–Crippen LogP) is 1.86. The van der Waals surface area contributed by atoms with E-state index in [0.29, 0.717) is 30.2 Å². The van der Waals surface area contributed by atoms with Crippen LogP contribution in [0, 0.1) is 0 Å². The van der Waals surface area contributed by atoms with Gasteiger partial charge in [0.05, 0.1) is 23.7 Å². The van der Waals surface area contributed by atoms with Crippen LogP contribution in [0.5, 0.6) is 0 Å². The Morgan fingerprint density at radius 2 is 2.25 bits per heavy atom. The molecule has 0 aliphatic carbocycles. The second-order valence-corrected chi connectivity index (χ2v) is 8.63. The molecule has 0 bridgehead atoms. The van der Waals surface area contributed by atoms with E-state index in [1.807, 2.05) is 10.6 Å². The van der Waals surface area contributed by atoms with Crippen LogP contribution in [0.15, 0.2) is 24.4 Å². The molecule has 8 heteroatoms. The average molecular weight is 371 g/mol. The number of benzene rings is 1. The van der Waals surface area contributed by atoms with Gasteiger partial charge in [0.1, 0.15) is 0 Å². The highest BCUT2D eigenvalue weighted by molar-refractivity contribution is 7.91. The molecule has 1 saturated heterocycles. The summed E-state index contributed by atoms with van der Waals surface area (Å²) in [4.78, 5) is 12.6. The maximum atomic E-state index is 12.6. The van der Waals surface area contributed by atoms with Gasteiger partial charge in [0.25, 0.3) is 5.91 Å². The van der Waals surface area contributed by atoms with Crippen LogP contribution in [0.4, 0.5) is 0 Å². The highest BCUT2D eigenvalue weighted by Gasteiger charge is 2.29. The van der Waals surface area contributed by atoms with E-state index in [-0.39, 0.29) is 23.5 Å². The van der Waals surface area contributed by atoms with E-state index in [1.165, 1.54) is 0 Å². The van der Waals surface area contributed by atoms with Crippen LogP contribution in [0.3, 0.4) is 0 Å². The van der Waals surface area contributed by atoms with Crippen molar-refractivity contribution >= 4 is 38.2 Å². The summed E-state index contributed by atoms with van der Waals surface area (Å²) >= 11 is 6.07. The second-order valence-electron chi connectivity index (χ2n) is 5.96. The molecule has 1 aromatic carbocycles. The molecule has 1 N–H and O–H groups in total. The van der Waals surface area contributed by atoms with Crippen LogP contribution in [-0.4, -0.2) is 50.2 Å². The van der Waals surface area contributed by atoms with E-state index >= 15 is 0 Å². The highest BCUT2D eigenvalue weighted by Crippen LogP contribution is 2.25. The molecule has 1 aliphatic heterocycles. The molecular weight excluding hydrogens is 352 g/mol. The van der Waals surface area contributed by atoms with Gasteiger partial charge in [-0.3, -0.25) is 4.79 Å². The third kappa shape index (κ3) is 3.58. The Bertz CT molecular complexity index is 876. The fourth-order valence-corrected chi connectivity index (χ4v) is 4.84. The summed E-state index contributed by atoms with van der Waals surface area (Å²) in [5, 5.41) is 4.12. The standard InChI is InChI=1S/C16H19ClN2O4S/c1-23-6-5-19-9-14(13-8-11(17)2-3-15(13)19)16(20)18-12-4-7-24(21,22)10-12/h2-3,8-9,12H,4-7,10H2,1H3,(H,18,20)/t12-/m0/s1. The lowest BCUT2D eigenvalue weighted by Crippen LogP contribution is -2.35. The molecule has 1 aromatic heterocycles. The molecule has 130 valence electrons. The van der Waals surface area contributed by atoms with Crippen molar-refractivity contribution in [2.75, 3.05) is 25.2 Å². The zero-order valence-electron chi connectivity index (χ0n) is 13.3. The van der Waals surface area contributed by atoms with Gasteiger partial charge in [-0.2, -0.15) is 0 Å². The van der Waals surface area contributed by atoms with E-state index in [0.717, 1.165) is 10.9 Å². The minimum absolute atomic E-state index is 0.00180. The first-order valence-corrected chi connectivity index (χ1v) is 9.88. The van der Waals surface area contributed by atoms with Gasteiger partial charge in [-0.25, -0.2) is 8.42 Å². The summed E-state index contributed by atoms with van der Waals surface area (Å²) in [5.41, 5.74) is 1.38. The van der Waals surface area contributed by atoms with Gasteiger partial charge in [0, 0.05) is 41.8 Å². The molecule has 3 rings (SSSR count). The summed E-state index contributed by atoms with van der Waals surface area (Å²) in [6, 6.07) is 5.06. The minimum atomic E-state index is -3.04. The number of hydrogen-bond acceptors (Lipinski definition) is 4. The number of ether oxygens (including phenoxy) is 1. The number of sulfone groups is 1. The topological polar surface area (TPSA) is 77.4 Å². The first kappa shape index (κ1) is 17.3. The summed E-state index contributed by atoms with van der Waals surface area (Å²) in [5.74, 6) is -0.151. The number of amides is 1. The van der Waals surface area contributed by atoms with Crippen LogP contribution in [-0.2, 0) is 21.1 Å². The Morgan fingerprint density at radius 3 is 2.92 bits per heavy atom. The van der Waals surface area contributed by atoms with E-state index < -0.39 is 9.84 Å². The fraction of sp³-hybridized carbons (Fsp3) is 0.438. The quantitative estimate of drug-likeness (QED) is 0.871. The predicted molar refractivity (Wildman–Crippen MR) is 93.3 cm³/mol. The molecule has 2 aromatic rings. The number of nitrogens with one attached hydrogen (secondary N) is 1. The Morgan fingerprint density at radius 1 is 1.46 bits per heavy atom. The number of methoxy groups -OCH3 is 1. The Balaban J connectivity index is 1.90. The number of halogens is 1. The van der Waals surface area contributed by atoms with Gasteiger partial charge >= 0.3 is 0 Å². The molecular formula is C16H19ClN2O4S.